The van der Waals surface area contributed by atoms with Crippen LogP contribution in [0.2, 0.25) is 0 Å². The van der Waals surface area contributed by atoms with E-state index in [9.17, 15) is 4.79 Å². The molecule has 1 aromatic heterocycles. The van der Waals surface area contributed by atoms with Crippen molar-refractivity contribution in [3.8, 4) is 0 Å². The molecule has 0 bridgehead atoms. The molecule has 26 heavy (non-hydrogen) atoms. The maximum Gasteiger partial charge on any atom is 0.257 e. The molecule has 1 aromatic carbocycles. The van der Waals surface area contributed by atoms with Gasteiger partial charge in [-0.3, -0.25) is 4.79 Å². The maximum absolute atomic E-state index is 13.2. The van der Waals surface area contributed by atoms with Crippen molar-refractivity contribution < 1.29 is 4.79 Å². The Morgan fingerprint density at radius 2 is 2.00 bits per heavy atom. The lowest BCUT2D eigenvalue weighted by atomic mass is 9.75. The summed E-state index contributed by atoms with van der Waals surface area (Å²) in [6.07, 6.45) is 5.91. The van der Waals surface area contributed by atoms with Crippen LogP contribution in [0.4, 0.5) is 5.82 Å². The number of hydrogen-bond acceptors (Lipinski definition) is 3. The summed E-state index contributed by atoms with van der Waals surface area (Å²) in [7, 11) is 0. The van der Waals surface area contributed by atoms with E-state index in [0.717, 1.165) is 32.2 Å². The Labute approximate surface area is 156 Å². The van der Waals surface area contributed by atoms with Crippen LogP contribution in [0.1, 0.15) is 61.4 Å². The van der Waals surface area contributed by atoms with Gasteiger partial charge in [-0.15, -0.1) is 0 Å². The number of likely N-dealkylation sites (tertiary alicyclic amines) is 1. The van der Waals surface area contributed by atoms with Crippen LogP contribution in [0.15, 0.2) is 48.7 Å². The molecule has 0 saturated carbocycles. The molecule has 1 aliphatic heterocycles. The molecule has 2 heterocycles. The van der Waals surface area contributed by atoms with Crippen LogP contribution in [-0.4, -0.2) is 28.4 Å². The zero-order valence-electron chi connectivity index (χ0n) is 15.8. The Kier molecular flexibility index (Phi) is 5.92. The topological polar surface area (TPSA) is 59.2 Å². The number of rotatable bonds is 5. The van der Waals surface area contributed by atoms with Gasteiger partial charge < -0.3 is 10.6 Å². The zero-order valence-corrected chi connectivity index (χ0v) is 15.8. The molecule has 1 saturated heterocycles. The minimum atomic E-state index is 0.0232. The minimum absolute atomic E-state index is 0.0232. The van der Waals surface area contributed by atoms with Gasteiger partial charge in [-0.2, -0.15) is 0 Å². The first-order valence-electron chi connectivity index (χ1n) is 9.69. The second kappa shape index (κ2) is 8.35. The number of amides is 1. The standard InChI is InChI=1S/C22H29N3O/c1-3-4-12-20-16(2)18(17-9-6-5-7-10-17)13-15-25(20)22(26)19-11-8-14-24-21(19)23/h5-11,14,16,18,20H,3-4,12-13,15H2,1-2H3,(H2,23,24)/t16-,18+,20-/m1/s1. The van der Waals surface area contributed by atoms with Crippen molar-refractivity contribution in [2.75, 3.05) is 12.3 Å². The Morgan fingerprint density at radius 3 is 2.69 bits per heavy atom. The van der Waals surface area contributed by atoms with Gasteiger partial charge in [-0.1, -0.05) is 57.0 Å². The maximum atomic E-state index is 13.2. The average Bonchev–Trinajstić information content (AvgIpc) is 2.67. The SMILES string of the molecule is CCCC[C@@H]1[C@H](C)[C@@H](c2ccccc2)CCN1C(=O)c1cccnc1N. The molecule has 0 spiro atoms. The molecule has 138 valence electrons. The highest BCUT2D eigenvalue weighted by molar-refractivity contribution is 5.98. The van der Waals surface area contributed by atoms with Crippen LogP contribution in [0.3, 0.4) is 0 Å². The predicted molar refractivity (Wildman–Crippen MR) is 106 cm³/mol. The first-order valence-corrected chi connectivity index (χ1v) is 9.69. The first-order chi connectivity index (χ1) is 12.6. The lowest BCUT2D eigenvalue weighted by molar-refractivity contribution is 0.0446. The number of nitrogens with two attached hydrogens (primary N) is 1. The zero-order chi connectivity index (χ0) is 18.5. The van der Waals surface area contributed by atoms with Gasteiger partial charge in [-0.05, 0) is 42.4 Å². The van der Waals surface area contributed by atoms with Gasteiger partial charge in [0, 0.05) is 18.8 Å². The third kappa shape index (κ3) is 3.74. The van der Waals surface area contributed by atoms with E-state index in [2.05, 4.69) is 49.2 Å². The fraction of sp³-hybridized carbons (Fsp3) is 0.455. The number of aromatic nitrogens is 1. The van der Waals surface area contributed by atoms with E-state index in [0.29, 0.717) is 23.2 Å². The van der Waals surface area contributed by atoms with Crippen LogP contribution >= 0.6 is 0 Å². The van der Waals surface area contributed by atoms with Crippen molar-refractivity contribution in [2.45, 2.75) is 51.5 Å². The second-order valence-corrected chi connectivity index (χ2v) is 7.31. The number of benzene rings is 1. The third-order valence-electron chi connectivity index (χ3n) is 5.73. The van der Waals surface area contributed by atoms with E-state index in [1.165, 1.54) is 5.56 Å². The monoisotopic (exact) mass is 351 g/mol. The highest BCUT2D eigenvalue weighted by atomic mass is 16.2. The molecule has 2 aromatic rings. The molecule has 2 N–H and O–H groups in total. The lowest BCUT2D eigenvalue weighted by Crippen LogP contribution is -2.50. The number of nitrogens with zero attached hydrogens (tertiary/aromatic N) is 2. The Balaban J connectivity index is 1.86. The van der Waals surface area contributed by atoms with Crippen molar-refractivity contribution in [3.63, 3.8) is 0 Å². The van der Waals surface area contributed by atoms with Crippen molar-refractivity contribution in [1.29, 1.82) is 0 Å². The van der Waals surface area contributed by atoms with E-state index in [1.54, 1.807) is 18.3 Å². The molecular formula is C22H29N3O. The first kappa shape index (κ1) is 18.4. The fourth-order valence-electron chi connectivity index (χ4n) is 4.27. The third-order valence-corrected chi connectivity index (χ3v) is 5.73. The number of anilines is 1. The van der Waals surface area contributed by atoms with E-state index in [-0.39, 0.29) is 11.9 Å². The lowest BCUT2D eigenvalue weighted by Gasteiger charge is -2.45. The van der Waals surface area contributed by atoms with Gasteiger partial charge in [0.05, 0.1) is 5.56 Å². The molecule has 3 rings (SSSR count). The Bertz CT molecular complexity index is 731. The summed E-state index contributed by atoms with van der Waals surface area (Å²) in [5.41, 5.74) is 7.88. The number of nitrogen functional groups attached to an aromatic ring is 1. The summed E-state index contributed by atoms with van der Waals surface area (Å²) in [6, 6.07) is 14.5. The summed E-state index contributed by atoms with van der Waals surface area (Å²) in [5.74, 6) is 1.26. The summed E-state index contributed by atoms with van der Waals surface area (Å²) >= 11 is 0. The number of piperidine rings is 1. The van der Waals surface area contributed by atoms with Crippen LogP contribution in [0.25, 0.3) is 0 Å². The summed E-state index contributed by atoms with van der Waals surface area (Å²) in [4.78, 5) is 19.3. The predicted octanol–water partition coefficient (Wildman–Crippen LogP) is 4.49. The van der Waals surface area contributed by atoms with Gasteiger partial charge >= 0.3 is 0 Å². The van der Waals surface area contributed by atoms with Gasteiger partial charge in [0.15, 0.2) is 0 Å². The van der Waals surface area contributed by atoms with E-state index >= 15 is 0 Å². The second-order valence-electron chi connectivity index (χ2n) is 7.31. The molecule has 0 unspecified atom stereocenters. The van der Waals surface area contributed by atoms with Crippen molar-refractivity contribution in [1.82, 2.24) is 9.88 Å². The van der Waals surface area contributed by atoms with Gasteiger partial charge in [0.2, 0.25) is 0 Å². The van der Waals surface area contributed by atoms with Crippen LogP contribution in [-0.2, 0) is 0 Å². The molecular weight excluding hydrogens is 322 g/mol. The van der Waals surface area contributed by atoms with Gasteiger partial charge in [0.1, 0.15) is 5.82 Å². The summed E-state index contributed by atoms with van der Waals surface area (Å²) < 4.78 is 0. The van der Waals surface area contributed by atoms with Crippen LogP contribution < -0.4 is 5.73 Å². The van der Waals surface area contributed by atoms with E-state index < -0.39 is 0 Å². The van der Waals surface area contributed by atoms with Crippen LogP contribution in [0, 0.1) is 5.92 Å². The number of hydrogen-bond donors (Lipinski definition) is 1. The number of carbonyl (C=O) groups excluding carboxylic acids is 1. The normalized spacial score (nSPS) is 23.0. The minimum Gasteiger partial charge on any atom is -0.383 e. The largest absolute Gasteiger partial charge is 0.383 e. The van der Waals surface area contributed by atoms with Gasteiger partial charge in [-0.25, -0.2) is 4.98 Å². The molecule has 4 heteroatoms. The average molecular weight is 351 g/mol. The van der Waals surface area contributed by atoms with E-state index in [1.807, 2.05) is 4.90 Å². The fourth-order valence-corrected chi connectivity index (χ4v) is 4.27. The Hall–Kier alpha value is -2.36. The molecule has 4 nitrogen and oxygen atoms in total. The highest BCUT2D eigenvalue weighted by Gasteiger charge is 2.38. The molecule has 1 aliphatic rings. The number of unbranched alkanes of at least 4 members (excludes halogenated alkanes) is 1. The number of pyridine rings is 1. The smallest absolute Gasteiger partial charge is 0.257 e. The highest BCUT2D eigenvalue weighted by Crippen LogP contribution is 2.39. The number of carbonyl (C=O) groups is 1. The quantitative estimate of drug-likeness (QED) is 0.863. The van der Waals surface area contributed by atoms with Crippen molar-refractivity contribution >= 4 is 11.7 Å². The Morgan fingerprint density at radius 1 is 1.23 bits per heavy atom. The van der Waals surface area contributed by atoms with Crippen molar-refractivity contribution in [2.24, 2.45) is 5.92 Å². The molecule has 1 fully saturated rings. The van der Waals surface area contributed by atoms with Gasteiger partial charge in [0.25, 0.3) is 5.91 Å². The molecule has 3 atom stereocenters. The van der Waals surface area contributed by atoms with Crippen LogP contribution in [0.5, 0.6) is 0 Å². The van der Waals surface area contributed by atoms with E-state index in [4.69, 9.17) is 5.73 Å². The summed E-state index contributed by atoms with van der Waals surface area (Å²) in [6.45, 7) is 5.27. The molecule has 0 aliphatic carbocycles. The van der Waals surface area contributed by atoms with Crippen molar-refractivity contribution in [3.05, 3.63) is 59.8 Å². The summed E-state index contributed by atoms with van der Waals surface area (Å²) in [5, 5.41) is 0. The molecule has 1 amide bonds. The molecule has 0 radical (unpaired) electrons.